The van der Waals surface area contributed by atoms with E-state index in [1.54, 1.807) is 36.4 Å². The Hall–Kier alpha value is -4.84. The van der Waals surface area contributed by atoms with E-state index < -0.39 is 10.8 Å². The number of non-ortho nitro benzene ring substituents is 1. The van der Waals surface area contributed by atoms with Gasteiger partial charge in [0.15, 0.2) is 5.75 Å². The van der Waals surface area contributed by atoms with Gasteiger partial charge in [-0.25, -0.2) is 0 Å². The lowest BCUT2D eigenvalue weighted by atomic mass is 10.1. The number of nitrogens with one attached hydrogen (secondary N) is 1. The van der Waals surface area contributed by atoms with Gasteiger partial charge in [0, 0.05) is 17.8 Å². The van der Waals surface area contributed by atoms with Gasteiger partial charge in [0.05, 0.1) is 15.0 Å². The highest BCUT2D eigenvalue weighted by atomic mass is 35.5. The predicted octanol–water partition coefficient (Wildman–Crippen LogP) is 7.61. The van der Waals surface area contributed by atoms with Crippen LogP contribution in [0.1, 0.15) is 16.7 Å². The SMILES string of the molecule is N#C/C(=C\c1cc(Cl)c(OCc2ccc([N+](=O)[O-])cc2)c(Cl)c1)C(=O)Nc1ccc(OCc2ccccc2)cc1. The maximum atomic E-state index is 12.7. The van der Waals surface area contributed by atoms with Gasteiger partial charge in [-0.3, -0.25) is 14.9 Å². The molecule has 4 rings (SSSR count). The van der Waals surface area contributed by atoms with Crippen molar-refractivity contribution in [2.24, 2.45) is 0 Å². The van der Waals surface area contributed by atoms with Crippen LogP contribution in [0.3, 0.4) is 0 Å². The molecule has 200 valence electrons. The van der Waals surface area contributed by atoms with Gasteiger partial charge in [0.1, 0.15) is 30.6 Å². The van der Waals surface area contributed by atoms with Crippen molar-refractivity contribution >= 4 is 46.6 Å². The number of carbonyl (C=O) groups excluding carboxylic acids is 1. The number of halogens is 2. The van der Waals surface area contributed by atoms with Crippen LogP contribution in [0.4, 0.5) is 11.4 Å². The van der Waals surface area contributed by atoms with Gasteiger partial charge in [-0.1, -0.05) is 53.5 Å². The molecular weight excluding hydrogens is 553 g/mol. The molecule has 0 fully saturated rings. The van der Waals surface area contributed by atoms with Crippen LogP contribution in [0.2, 0.25) is 10.0 Å². The second-order valence-electron chi connectivity index (χ2n) is 8.45. The van der Waals surface area contributed by atoms with Gasteiger partial charge in [-0.05, 0) is 71.3 Å². The average molecular weight is 574 g/mol. The van der Waals surface area contributed by atoms with E-state index in [1.165, 1.54) is 30.3 Å². The number of hydrogen-bond donors (Lipinski definition) is 1. The average Bonchev–Trinajstić information content (AvgIpc) is 2.96. The second kappa shape index (κ2) is 13.3. The molecule has 0 aliphatic carbocycles. The van der Waals surface area contributed by atoms with E-state index in [4.69, 9.17) is 32.7 Å². The summed E-state index contributed by atoms with van der Waals surface area (Å²) >= 11 is 12.7. The summed E-state index contributed by atoms with van der Waals surface area (Å²) in [7, 11) is 0. The number of benzene rings is 4. The monoisotopic (exact) mass is 573 g/mol. The molecule has 1 N–H and O–H groups in total. The summed E-state index contributed by atoms with van der Waals surface area (Å²) in [5.41, 5.74) is 2.45. The van der Waals surface area contributed by atoms with E-state index >= 15 is 0 Å². The Morgan fingerprint density at radius 3 is 2.10 bits per heavy atom. The predicted molar refractivity (Wildman–Crippen MR) is 153 cm³/mol. The second-order valence-corrected chi connectivity index (χ2v) is 9.26. The minimum absolute atomic E-state index is 0.0295. The molecule has 0 aromatic heterocycles. The first-order valence-corrected chi connectivity index (χ1v) is 12.6. The summed E-state index contributed by atoms with van der Waals surface area (Å²) in [5, 5.41) is 23.4. The summed E-state index contributed by atoms with van der Waals surface area (Å²) in [6.07, 6.45) is 1.37. The van der Waals surface area contributed by atoms with E-state index in [1.807, 2.05) is 36.4 Å². The summed E-state index contributed by atoms with van der Waals surface area (Å²) < 4.78 is 11.5. The molecule has 0 atom stereocenters. The zero-order valence-electron chi connectivity index (χ0n) is 20.8. The van der Waals surface area contributed by atoms with Crippen molar-refractivity contribution in [3.05, 3.63) is 133 Å². The van der Waals surface area contributed by atoms with Crippen molar-refractivity contribution in [2.75, 3.05) is 5.32 Å². The molecule has 0 saturated heterocycles. The molecule has 4 aromatic carbocycles. The number of nitro groups is 1. The molecule has 0 bridgehead atoms. The van der Waals surface area contributed by atoms with Crippen LogP contribution in [0.25, 0.3) is 6.08 Å². The number of nitro benzene ring substituents is 1. The molecule has 0 spiro atoms. The summed E-state index contributed by atoms with van der Waals surface area (Å²) in [4.78, 5) is 23.1. The molecule has 0 unspecified atom stereocenters. The molecule has 0 saturated carbocycles. The molecule has 1 amide bonds. The molecular formula is C30H21Cl2N3O5. The number of rotatable bonds is 10. The first-order valence-electron chi connectivity index (χ1n) is 11.9. The fourth-order valence-electron chi connectivity index (χ4n) is 3.56. The van der Waals surface area contributed by atoms with Crippen molar-refractivity contribution in [1.82, 2.24) is 0 Å². The third kappa shape index (κ3) is 7.60. The number of amides is 1. The fourth-order valence-corrected chi connectivity index (χ4v) is 4.17. The van der Waals surface area contributed by atoms with Crippen LogP contribution in [-0.2, 0) is 18.0 Å². The van der Waals surface area contributed by atoms with Gasteiger partial charge in [0.25, 0.3) is 11.6 Å². The van der Waals surface area contributed by atoms with Crippen LogP contribution in [0.5, 0.6) is 11.5 Å². The maximum Gasteiger partial charge on any atom is 0.269 e. The summed E-state index contributed by atoms with van der Waals surface area (Å²) in [6, 6.07) is 27.4. The molecule has 0 heterocycles. The van der Waals surface area contributed by atoms with Gasteiger partial charge in [-0.2, -0.15) is 5.26 Å². The van der Waals surface area contributed by atoms with Crippen LogP contribution in [0, 0.1) is 21.4 Å². The van der Waals surface area contributed by atoms with Crippen molar-refractivity contribution in [2.45, 2.75) is 13.2 Å². The Labute approximate surface area is 240 Å². The Kier molecular flexibility index (Phi) is 9.36. The molecule has 0 aliphatic rings. The Morgan fingerprint density at radius 1 is 0.900 bits per heavy atom. The summed E-state index contributed by atoms with van der Waals surface area (Å²) in [6.45, 7) is 0.494. The lowest BCUT2D eigenvalue weighted by Crippen LogP contribution is -2.13. The van der Waals surface area contributed by atoms with Crippen LogP contribution < -0.4 is 14.8 Å². The number of anilines is 1. The fraction of sp³-hybridized carbons (Fsp3) is 0.0667. The Bertz CT molecular complexity index is 1560. The van der Waals surface area contributed by atoms with Gasteiger partial charge in [0.2, 0.25) is 0 Å². The van der Waals surface area contributed by atoms with E-state index in [-0.39, 0.29) is 33.7 Å². The van der Waals surface area contributed by atoms with Crippen LogP contribution in [0.15, 0.2) is 96.6 Å². The van der Waals surface area contributed by atoms with Gasteiger partial charge >= 0.3 is 0 Å². The van der Waals surface area contributed by atoms with Crippen molar-refractivity contribution in [3.8, 4) is 17.6 Å². The van der Waals surface area contributed by atoms with Crippen LogP contribution in [-0.4, -0.2) is 10.8 Å². The van der Waals surface area contributed by atoms with Gasteiger partial charge in [-0.15, -0.1) is 0 Å². The van der Waals surface area contributed by atoms with Crippen molar-refractivity contribution in [1.29, 1.82) is 5.26 Å². The summed E-state index contributed by atoms with van der Waals surface area (Å²) in [5.74, 6) is 0.237. The number of nitrogens with zero attached hydrogens (tertiary/aromatic N) is 2. The largest absolute Gasteiger partial charge is 0.489 e. The van der Waals surface area contributed by atoms with E-state index in [0.29, 0.717) is 29.2 Å². The number of carbonyl (C=O) groups is 1. The number of nitriles is 1. The highest BCUT2D eigenvalue weighted by Gasteiger charge is 2.14. The maximum absolute atomic E-state index is 12.7. The molecule has 10 heteroatoms. The highest BCUT2D eigenvalue weighted by molar-refractivity contribution is 6.37. The zero-order valence-corrected chi connectivity index (χ0v) is 22.4. The highest BCUT2D eigenvalue weighted by Crippen LogP contribution is 2.35. The lowest BCUT2D eigenvalue weighted by Gasteiger charge is -2.11. The van der Waals surface area contributed by atoms with Gasteiger partial charge < -0.3 is 14.8 Å². The molecule has 8 nitrogen and oxygen atoms in total. The first kappa shape index (κ1) is 28.2. The third-order valence-electron chi connectivity index (χ3n) is 5.59. The topological polar surface area (TPSA) is 114 Å². The quantitative estimate of drug-likeness (QED) is 0.0903. The Balaban J connectivity index is 1.38. The van der Waals surface area contributed by atoms with E-state index in [2.05, 4.69) is 5.32 Å². The first-order chi connectivity index (χ1) is 19.3. The lowest BCUT2D eigenvalue weighted by molar-refractivity contribution is -0.384. The molecule has 0 aliphatic heterocycles. The minimum atomic E-state index is -0.605. The molecule has 4 aromatic rings. The van der Waals surface area contributed by atoms with E-state index in [9.17, 15) is 20.2 Å². The van der Waals surface area contributed by atoms with Crippen LogP contribution >= 0.6 is 23.2 Å². The molecule has 0 radical (unpaired) electrons. The van der Waals surface area contributed by atoms with Crippen molar-refractivity contribution in [3.63, 3.8) is 0 Å². The normalized spacial score (nSPS) is 10.9. The number of hydrogen-bond acceptors (Lipinski definition) is 6. The third-order valence-corrected chi connectivity index (χ3v) is 6.15. The zero-order chi connectivity index (χ0) is 28.5. The smallest absolute Gasteiger partial charge is 0.269 e. The minimum Gasteiger partial charge on any atom is -0.489 e. The standard InChI is InChI=1S/C30H21Cl2N3O5/c31-27-15-22(16-28(32)29(27)40-19-21-6-10-25(11-7-21)35(37)38)14-23(17-33)30(36)34-24-8-12-26(13-9-24)39-18-20-4-2-1-3-5-20/h1-16H,18-19H2,(H,34,36)/b23-14+. The number of ether oxygens (including phenoxy) is 2. The molecule has 40 heavy (non-hydrogen) atoms. The Morgan fingerprint density at radius 2 is 1.50 bits per heavy atom. The van der Waals surface area contributed by atoms with E-state index in [0.717, 1.165) is 5.56 Å². The van der Waals surface area contributed by atoms with Crippen molar-refractivity contribution < 1.29 is 19.2 Å².